The summed E-state index contributed by atoms with van der Waals surface area (Å²) in [6, 6.07) is 0. The quantitative estimate of drug-likeness (QED) is 0.0664. The lowest BCUT2D eigenvalue weighted by Crippen LogP contribution is -2.37. The van der Waals surface area contributed by atoms with Crippen LogP contribution >= 0.6 is 0 Å². The number of unbranched alkanes of at least 4 members (excludes halogenated alkanes) is 11. The summed E-state index contributed by atoms with van der Waals surface area (Å²) in [5.74, 6) is -0.664. The van der Waals surface area contributed by atoms with Crippen molar-refractivity contribution in [1.29, 1.82) is 0 Å². The first-order chi connectivity index (χ1) is 18.3. The number of aliphatic hydroxyl groups is 8. The molecule has 0 fully saturated rings. The number of aliphatic hydroxyl groups excluding tert-OH is 8. The largest absolute Gasteiger partial charge is 0.481 e. The van der Waals surface area contributed by atoms with Crippen molar-refractivity contribution in [3.63, 3.8) is 0 Å². The van der Waals surface area contributed by atoms with E-state index in [-0.39, 0.29) is 0 Å². The molecular formula is C28H58O10. The first kappa shape index (κ1) is 41.4. The van der Waals surface area contributed by atoms with E-state index >= 15 is 0 Å². The SMILES string of the molecule is CCCCCCCC/C=C\CCCCCCCC(=O)O.OCC(CO)(CO)CO.OCC(CO)(CO)CO. The molecule has 0 heterocycles. The molecule has 0 aromatic carbocycles. The summed E-state index contributed by atoms with van der Waals surface area (Å²) >= 11 is 0. The maximum atomic E-state index is 10.3. The fourth-order valence-corrected chi connectivity index (χ4v) is 2.95. The van der Waals surface area contributed by atoms with E-state index < -0.39 is 69.7 Å². The Bertz CT molecular complexity index is 451. The first-order valence-corrected chi connectivity index (χ1v) is 14.0. The number of aliphatic carboxylic acids is 1. The van der Waals surface area contributed by atoms with Gasteiger partial charge in [0.25, 0.3) is 0 Å². The van der Waals surface area contributed by atoms with E-state index in [0.29, 0.717) is 6.42 Å². The van der Waals surface area contributed by atoms with Crippen LogP contribution < -0.4 is 0 Å². The smallest absolute Gasteiger partial charge is 0.303 e. The highest BCUT2D eigenvalue weighted by atomic mass is 16.4. The fraction of sp³-hybridized carbons (Fsp3) is 0.893. The normalized spacial score (nSPS) is 11.6. The second kappa shape index (κ2) is 30.4. The van der Waals surface area contributed by atoms with Crippen LogP contribution in [0.25, 0.3) is 0 Å². The second-order valence-corrected chi connectivity index (χ2v) is 9.99. The summed E-state index contributed by atoms with van der Waals surface area (Å²) in [6.45, 7) is -0.991. The Balaban J connectivity index is -0.000000563. The molecule has 0 aromatic rings. The molecule has 0 aliphatic rings. The molecule has 0 unspecified atom stereocenters. The number of rotatable bonds is 23. The van der Waals surface area contributed by atoms with Crippen LogP contribution in [0.4, 0.5) is 0 Å². The van der Waals surface area contributed by atoms with Crippen LogP contribution in [-0.4, -0.2) is 105 Å². The van der Waals surface area contributed by atoms with Crippen molar-refractivity contribution in [2.45, 2.75) is 96.8 Å². The Labute approximate surface area is 229 Å². The van der Waals surface area contributed by atoms with Crippen LogP contribution in [0, 0.1) is 10.8 Å². The van der Waals surface area contributed by atoms with Gasteiger partial charge in [-0.3, -0.25) is 4.79 Å². The summed E-state index contributed by atoms with van der Waals surface area (Å²) in [6.07, 6.45) is 21.2. The zero-order valence-electron chi connectivity index (χ0n) is 23.6. The predicted molar refractivity (Wildman–Crippen MR) is 149 cm³/mol. The molecule has 38 heavy (non-hydrogen) atoms. The van der Waals surface area contributed by atoms with E-state index in [4.69, 9.17) is 46.0 Å². The van der Waals surface area contributed by atoms with Crippen LogP contribution in [0.2, 0.25) is 0 Å². The van der Waals surface area contributed by atoms with E-state index in [9.17, 15) is 4.79 Å². The minimum atomic E-state index is -1.11. The first-order valence-electron chi connectivity index (χ1n) is 14.0. The number of hydrogen-bond acceptors (Lipinski definition) is 9. The standard InChI is InChI=1S/C18H34O2.2C5H12O4/c1-2-3-4-5-6-7-8-9-10-11-12-13-14-15-16-17-18(19)20;2*6-1-5(2-7,3-8)4-9/h9-10H,2-8,11-17H2,1H3,(H,19,20);2*6-9H,1-4H2/b10-9-;;. The van der Waals surface area contributed by atoms with Crippen molar-refractivity contribution in [1.82, 2.24) is 0 Å². The van der Waals surface area contributed by atoms with Gasteiger partial charge in [0.1, 0.15) is 0 Å². The van der Waals surface area contributed by atoms with Gasteiger partial charge in [-0.25, -0.2) is 0 Å². The van der Waals surface area contributed by atoms with Crippen LogP contribution in [-0.2, 0) is 4.79 Å². The van der Waals surface area contributed by atoms with E-state index in [2.05, 4.69) is 19.1 Å². The van der Waals surface area contributed by atoms with Crippen molar-refractivity contribution in [2.75, 3.05) is 52.9 Å². The topological polar surface area (TPSA) is 199 Å². The van der Waals surface area contributed by atoms with Crippen LogP contribution in [0.3, 0.4) is 0 Å². The Morgan fingerprint density at radius 2 is 0.789 bits per heavy atom. The molecule has 0 bridgehead atoms. The number of carboxylic acids is 1. The van der Waals surface area contributed by atoms with E-state index in [1.807, 2.05) is 0 Å². The van der Waals surface area contributed by atoms with Crippen LogP contribution in [0.5, 0.6) is 0 Å². The number of carbonyl (C=O) groups is 1. The van der Waals surface area contributed by atoms with Crippen molar-refractivity contribution >= 4 is 5.97 Å². The Morgan fingerprint density at radius 3 is 1.05 bits per heavy atom. The molecule has 0 spiro atoms. The highest BCUT2D eigenvalue weighted by molar-refractivity contribution is 5.66. The van der Waals surface area contributed by atoms with Gasteiger partial charge >= 0.3 is 5.97 Å². The van der Waals surface area contributed by atoms with Gasteiger partial charge in [0.2, 0.25) is 0 Å². The molecule has 9 N–H and O–H groups in total. The lowest BCUT2D eigenvalue weighted by atomic mass is 9.93. The number of carboxylic acid groups (broad SMARTS) is 1. The molecule has 0 atom stereocenters. The van der Waals surface area contributed by atoms with Gasteiger partial charge in [-0.2, -0.15) is 0 Å². The van der Waals surface area contributed by atoms with Gasteiger partial charge < -0.3 is 46.0 Å². The maximum absolute atomic E-state index is 10.3. The zero-order valence-corrected chi connectivity index (χ0v) is 23.6. The van der Waals surface area contributed by atoms with Crippen molar-refractivity contribution in [3.05, 3.63) is 12.2 Å². The molecule has 0 amide bonds. The highest BCUT2D eigenvalue weighted by Gasteiger charge is 2.27. The summed E-state index contributed by atoms with van der Waals surface area (Å²) < 4.78 is 0. The van der Waals surface area contributed by atoms with Gasteiger partial charge in [0, 0.05) is 6.42 Å². The zero-order chi connectivity index (χ0) is 29.5. The van der Waals surface area contributed by atoms with Gasteiger partial charge in [-0.1, -0.05) is 70.4 Å². The highest BCUT2D eigenvalue weighted by Crippen LogP contribution is 2.13. The second-order valence-electron chi connectivity index (χ2n) is 9.99. The van der Waals surface area contributed by atoms with Crippen LogP contribution in [0.15, 0.2) is 12.2 Å². The minimum Gasteiger partial charge on any atom is -0.481 e. The molecule has 230 valence electrons. The molecule has 0 saturated heterocycles. The molecule has 10 heteroatoms. The lowest BCUT2D eigenvalue weighted by Gasteiger charge is -2.23. The van der Waals surface area contributed by atoms with Gasteiger partial charge in [0.05, 0.1) is 63.7 Å². The molecular weight excluding hydrogens is 496 g/mol. The molecule has 0 radical (unpaired) electrons. The molecule has 0 aliphatic carbocycles. The molecule has 10 nitrogen and oxygen atoms in total. The monoisotopic (exact) mass is 554 g/mol. The number of allylic oxidation sites excluding steroid dienone is 2. The molecule has 0 aliphatic heterocycles. The third-order valence-corrected chi connectivity index (χ3v) is 6.34. The third kappa shape index (κ3) is 25.2. The molecule has 0 aromatic heterocycles. The molecule has 0 saturated carbocycles. The summed E-state index contributed by atoms with van der Waals surface area (Å²) in [7, 11) is 0. The van der Waals surface area contributed by atoms with Crippen molar-refractivity contribution < 1.29 is 50.8 Å². The van der Waals surface area contributed by atoms with Gasteiger partial charge in [-0.05, 0) is 32.1 Å². The fourth-order valence-electron chi connectivity index (χ4n) is 2.95. The summed E-state index contributed by atoms with van der Waals surface area (Å²) in [5, 5.41) is 76.5. The summed E-state index contributed by atoms with van der Waals surface area (Å²) in [4.78, 5) is 10.3. The predicted octanol–water partition coefficient (Wildman–Crippen LogP) is 1.99. The van der Waals surface area contributed by atoms with Gasteiger partial charge in [0.15, 0.2) is 0 Å². The minimum absolute atomic E-state index is 0.332. The average Bonchev–Trinajstić information content (AvgIpc) is 2.94. The van der Waals surface area contributed by atoms with Crippen molar-refractivity contribution in [3.8, 4) is 0 Å². The average molecular weight is 555 g/mol. The Morgan fingerprint density at radius 1 is 0.500 bits per heavy atom. The Kier molecular flexibility index (Phi) is 33.1. The maximum Gasteiger partial charge on any atom is 0.303 e. The van der Waals surface area contributed by atoms with Crippen LogP contribution in [0.1, 0.15) is 96.8 Å². The van der Waals surface area contributed by atoms with Gasteiger partial charge in [-0.15, -0.1) is 0 Å². The van der Waals surface area contributed by atoms with E-state index in [1.54, 1.807) is 0 Å². The third-order valence-electron chi connectivity index (χ3n) is 6.34. The lowest BCUT2D eigenvalue weighted by molar-refractivity contribution is -0.137. The molecule has 0 rings (SSSR count). The van der Waals surface area contributed by atoms with E-state index in [1.165, 1.54) is 70.6 Å². The Hall–Kier alpha value is -1.11. The van der Waals surface area contributed by atoms with E-state index in [0.717, 1.165) is 12.8 Å². The summed E-state index contributed by atoms with van der Waals surface area (Å²) in [5.41, 5.74) is -2.22. The number of hydrogen-bond donors (Lipinski definition) is 9. The van der Waals surface area contributed by atoms with Crippen molar-refractivity contribution in [2.24, 2.45) is 10.8 Å².